The van der Waals surface area contributed by atoms with Crippen LogP contribution in [0.4, 0.5) is 5.69 Å². The molecule has 0 saturated heterocycles. The SMILES string of the molecule is CCCNC(=O)c1ccccc1NC(=O)[C@H](CC)Oc1ccc(C)cc1C. The molecule has 2 N–H and O–H groups in total. The quantitative estimate of drug-likeness (QED) is 0.732. The first-order valence-electron chi connectivity index (χ1n) is 9.38. The Bertz CT molecular complexity index is 802. The number of para-hydroxylation sites is 1. The average molecular weight is 368 g/mol. The van der Waals surface area contributed by atoms with Gasteiger partial charge in [0, 0.05) is 6.54 Å². The van der Waals surface area contributed by atoms with E-state index in [-0.39, 0.29) is 11.8 Å². The highest BCUT2D eigenvalue weighted by molar-refractivity contribution is 6.04. The number of hydrogen-bond acceptors (Lipinski definition) is 3. The van der Waals surface area contributed by atoms with Crippen molar-refractivity contribution in [2.45, 2.75) is 46.6 Å². The van der Waals surface area contributed by atoms with E-state index in [1.807, 2.05) is 45.9 Å². The van der Waals surface area contributed by atoms with E-state index < -0.39 is 6.10 Å². The largest absolute Gasteiger partial charge is 0.480 e. The van der Waals surface area contributed by atoms with Crippen LogP contribution in [0.3, 0.4) is 0 Å². The van der Waals surface area contributed by atoms with E-state index >= 15 is 0 Å². The van der Waals surface area contributed by atoms with Crippen LogP contribution in [0.5, 0.6) is 5.75 Å². The molecule has 0 saturated carbocycles. The fourth-order valence-electron chi connectivity index (χ4n) is 2.74. The molecule has 0 bridgehead atoms. The summed E-state index contributed by atoms with van der Waals surface area (Å²) in [7, 11) is 0. The fraction of sp³-hybridized carbons (Fsp3) is 0.364. The summed E-state index contributed by atoms with van der Waals surface area (Å²) in [4.78, 5) is 25.1. The third-order valence-corrected chi connectivity index (χ3v) is 4.23. The Morgan fingerprint density at radius 1 is 1.07 bits per heavy atom. The summed E-state index contributed by atoms with van der Waals surface area (Å²) in [5, 5.41) is 5.68. The van der Waals surface area contributed by atoms with Gasteiger partial charge < -0.3 is 15.4 Å². The molecule has 144 valence electrons. The van der Waals surface area contributed by atoms with Crippen LogP contribution in [0, 0.1) is 13.8 Å². The van der Waals surface area contributed by atoms with Crippen molar-refractivity contribution in [1.29, 1.82) is 0 Å². The minimum Gasteiger partial charge on any atom is -0.480 e. The number of carbonyl (C=O) groups excluding carboxylic acids is 2. The first-order chi connectivity index (χ1) is 13.0. The predicted octanol–water partition coefficient (Wildman–Crippen LogP) is 4.24. The maximum Gasteiger partial charge on any atom is 0.265 e. The van der Waals surface area contributed by atoms with Crippen molar-refractivity contribution in [3.8, 4) is 5.75 Å². The van der Waals surface area contributed by atoms with Gasteiger partial charge in [-0.2, -0.15) is 0 Å². The highest BCUT2D eigenvalue weighted by Crippen LogP contribution is 2.22. The van der Waals surface area contributed by atoms with Crippen molar-refractivity contribution in [3.05, 3.63) is 59.2 Å². The molecule has 0 unspecified atom stereocenters. The first-order valence-corrected chi connectivity index (χ1v) is 9.38. The number of nitrogens with one attached hydrogen (secondary N) is 2. The van der Waals surface area contributed by atoms with Gasteiger partial charge in [-0.3, -0.25) is 9.59 Å². The molecular formula is C22H28N2O3. The molecule has 0 heterocycles. The highest BCUT2D eigenvalue weighted by atomic mass is 16.5. The van der Waals surface area contributed by atoms with Crippen LogP contribution >= 0.6 is 0 Å². The summed E-state index contributed by atoms with van der Waals surface area (Å²) >= 11 is 0. The van der Waals surface area contributed by atoms with Crippen LogP contribution in [0.15, 0.2) is 42.5 Å². The smallest absolute Gasteiger partial charge is 0.265 e. The molecule has 2 aromatic rings. The molecule has 0 spiro atoms. The summed E-state index contributed by atoms with van der Waals surface area (Å²) in [6.07, 6.45) is 0.726. The Morgan fingerprint density at radius 3 is 2.48 bits per heavy atom. The van der Waals surface area contributed by atoms with Gasteiger partial charge in [-0.25, -0.2) is 0 Å². The van der Waals surface area contributed by atoms with E-state index in [0.717, 1.165) is 17.5 Å². The molecule has 5 nitrogen and oxygen atoms in total. The van der Waals surface area contributed by atoms with Gasteiger partial charge in [0.15, 0.2) is 6.10 Å². The lowest BCUT2D eigenvalue weighted by atomic mass is 10.1. The second-order valence-electron chi connectivity index (χ2n) is 6.57. The summed E-state index contributed by atoms with van der Waals surface area (Å²) in [5.74, 6) is 0.223. The summed E-state index contributed by atoms with van der Waals surface area (Å²) in [6, 6.07) is 12.9. The van der Waals surface area contributed by atoms with E-state index in [4.69, 9.17) is 4.74 Å². The average Bonchev–Trinajstić information content (AvgIpc) is 2.65. The number of ether oxygens (including phenoxy) is 1. The zero-order valence-electron chi connectivity index (χ0n) is 16.5. The number of anilines is 1. The number of benzene rings is 2. The molecule has 0 fully saturated rings. The Kier molecular flexibility index (Phi) is 7.41. The molecular weight excluding hydrogens is 340 g/mol. The third kappa shape index (κ3) is 5.58. The molecule has 5 heteroatoms. The van der Waals surface area contributed by atoms with Gasteiger partial charge >= 0.3 is 0 Å². The maximum atomic E-state index is 12.7. The molecule has 0 aromatic heterocycles. The van der Waals surface area contributed by atoms with Crippen LogP contribution in [0.1, 0.15) is 48.2 Å². The van der Waals surface area contributed by atoms with Gasteiger partial charge in [0.1, 0.15) is 5.75 Å². The Balaban J connectivity index is 2.14. The van der Waals surface area contributed by atoms with Gasteiger partial charge in [0.2, 0.25) is 0 Å². The van der Waals surface area contributed by atoms with Crippen molar-refractivity contribution in [2.75, 3.05) is 11.9 Å². The van der Waals surface area contributed by atoms with Crippen LogP contribution in [-0.4, -0.2) is 24.5 Å². The van der Waals surface area contributed by atoms with Gasteiger partial charge in [-0.05, 0) is 50.5 Å². The molecule has 2 aromatic carbocycles. The monoisotopic (exact) mass is 368 g/mol. The molecule has 0 aliphatic heterocycles. The van der Waals surface area contributed by atoms with E-state index in [2.05, 4.69) is 10.6 Å². The summed E-state index contributed by atoms with van der Waals surface area (Å²) in [5.41, 5.74) is 3.06. The lowest BCUT2D eigenvalue weighted by Crippen LogP contribution is -2.33. The van der Waals surface area contributed by atoms with Crippen LogP contribution in [-0.2, 0) is 4.79 Å². The first kappa shape index (κ1) is 20.5. The molecule has 0 radical (unpaired) electrons. The number of hydrogen-bond donors (Lipinski definition) is 2. The Hall–Kier alpha value is -2.82. The van der Waals surface area contributed by atoms with Crippen LogP contribution < -0.4 is 15.4 Å². The topological polar surface area (TPSA) is 67.4 Å². The molecule has 0 aliphatic carbocycles. The zero-order chi connectivity index (χ0) is 19.8. The Morgan fingerprint density at radius 2 is 1.81 bits per heavy atom. The van der Waals surface area contributed by atoms with Crippen molar-refractivity contribution in [3.63, 3.8) is 0 Å². The van der Waals surface area contributed by atoms with Gasteiger partial charge in [0.05, 0.1) is 11.3 Å². The second-order valence-corrected chi connectivity index (χ2v) is 6.57. The summed E-state index contributed by atoms with van der Waals surface area (Å²) < 4.78 is 5.94. The van der Waals surface area contributed by atoms with E-state index in [0.29, 0.717) is 30.0 Å². The molecule has 2 amide bonds. The fourth-order valence-corrected chi connectivity index (χ4v) is 2.74. The number of aryl methyl sites for hydroxylation is 2. The van der Waals surface area contributed by atoms with Crippen molar-refractivity contribution in [1.82, 2.24) is 5.32 Å². The Labute approximate surface area is 161 Å². The number of amides is 2. The summed E-state index contributed by atoms with van der Waals surface area (Å²) in [6.45, 7) is 8.45. The van der Waals surface area contributed by atoms with Crippen molar-refractivity contribution < 1.29 is 14.3 Å². The molecule has 27 heavy (non-hydrogen) atoms. The molecule has 2 rings (SSSR count). The third-order valence-electron chi connectivity index (χ3n) is 4.23. The second kappa shape index (κ2) is 9.76. The minimum atomic E-state index is -0.641. The molecule has 0 aliphatic rings. The van der Waals surface area contributed by atoms with E-state index in [1.54, 1.807) is 24.3 Å². The highest BCUT2D eigenvalue weighted by Gasteiger charge is 2.21. The lowest BCUT2D eigenvalue weighted by molar-refractivity contribution is -0.122. The van der Waals surface area contributed by atoms with Crippen LogP contribution in [0.25, 0.3) is 0 Å². The maximum absolute atomic E-state index is 12.7. The zero-order valence-corrected chi connectivity index (χ0v) is 16.5. The standard InChI is InChI=1S/C22H28N2O3/c1-5-13-23-21(25)17-9-7-8-10-18(17)24-22(26)19(6-2)27-20-12-11-15(3)14-16(20)4/h7-12,14,19H,5-6,13H2,1-4H3,(H,23,25)(H,24,26)/t19-/m0/s1. The van der Waals surface area contributed by atoms with E-state index in [9.17, 15) is 9.59 Å². The van der Waals surface area contributed by atoms with Gasteiger partial charge in [-0.15, -0.1) is 0 Å². The van der Waals surface area contributed by atoms with Crippen molar-refractivity contribution >= 4 is 17.5 Å². The van der Waals surface area contributed by atoms with Gasteiger partial charge in [-0.1, -0.05) is 43.7 Å². The van der Waals surface area contributed by atoms with Crippen molar-refractivity contribution in [2.24, 2.45) is 0 Å². The lowest BCUT2D eigenvalue weighted by Gasteiger charge is -2.20. The number of rotatable bonds is 8. The minimum absolute atomic E-state index is 0.198. The predicted molar refractivity (Wildman–Crippen MR) is 108 cm³/mol. The molecule has 1 atom stereocenters. The van der Waals surface area contributed by atoms with E-state index in [1.165, 1.54) is 0 Å². The number of carbonyl (C=O) groups is 2. The normalized spacial score (nSPS) is 11.6. The van der Waals surface area contributed by atoms with Crippen LogP contribution in [0.2, 0.25) is 0 Å². The van der Waals surface area contributed by atoms with Gasteiger partial charge in [0.25, 0.3) is 11.8 Å².